The lowest BCUT2D eigenvalue weighted by Crippen LogP contribution is -2.35. The molecule has 146 valence electrons. The van der Waals surface area contributed by atoms with Crippen molar-refractivity contribution in [3.8, 4) is 11.5 Å². The summed E-state index contributed by atoms with van der Waals surface area (Å²) in [5.74, 6) is 0.209. The van der Waals surface area contributed by atoms with Crippen LogP contribution < -0.4 is 14.8 Å². The number of likely N-dealkylation sites (N-methyl/N-ethyl adjacent to an activating group) is 1. The Labute approximate surface area is 163 Å². The molecule has 0 saturated heterocycles. The SMILES string of the molecule is COc1ccc(S(=O)(=O)N(C)CC(=O)Nc2ccc(C)c(Cl)c2)cc1OC. The molecule has 0 unspecified atom stereocenters. The Morgan fingerprint density at radius 3 is 2.37 bits per heavy atom. The summed E-state index contributed by atoms with van der Waals surface area (Å²) in [5.41, 5.74) is 1.37. The number of benzene rings is 2. The van der Waals surface area contributed by atoms with Crippen LogP contribution in [0, 0.1) is 6.92 Å². The molecular weight excluding hydrogens is 392 g/mol. The molecule has 0 heterocycles. The van der Waals surface area contributed by atoms with Gasteiger partial charge in [-0.05, 0) is 36.8 Å². The highest BCUT2D eigenvalue weighted by molar-refractivity contribution is 7.89. The number of nitrogens with one attached hydrogen (secondary N) is 1. The molecule has 9 heteroatoms. The molecule has 2 aromatic carbocycles. The molecule has 0 aromatic heterocycles. The fraction of sp³-hybridized carbons (Fsp3) is 0.278. The van der Waals surface area contributed by atoms with E-state index in [-0.39, 0.29) is 17.2 Å². The standard InChI is InChI=1S/C18H21ClN2O5S/c1-12-5-6-13(9-15(12)19)20-18(22)11-21(2)27(23,24)14-7-8-16(25-3)17(10-14)26-4/h5-10H,11H2,1-4H3,(H,20,22). The normalized spacial score (nSPS) is 11.3. The first-order valence-corrected chi connectivity index (χ1v) is 9.75. The molecule has 7 nitrogen and oxygen atoms in total. The smallest absolute Gasteiger partial charge is 0.243 e. The predicted octanol–water partition coefficient (Wildman–Crippen LogP) is 2.92. The summed E-state index contributed by atoms with van der Waals surface area (Å²) in [6, 6.07) is 9.31. The van der Waals surface area contributed by atoms with E-state index in [4.69, 9.17) is 21.1 Å². The van der Waals surface area contributed by atoms with Gasteiger partial charge >= 0.3 is 0 Å². The molecule has 0 radical (unpaired) electrons. The number of ether oxygens (including phenoxy) is 2. The van der Waals surface area contributed by atoms with E-state index in [9.17, 15) is 13.2 Å². The number of sulfonamides is 1. The third-order valence-electron chi connectivity index (χ3n) is 3.89. The fourth-order valence-corrected chi connectivity index (χ4v) is 3.64. The number of nitrogens with zero attached hydrogens (tertiary/aromatic N) is 1. The molecule has 27 heavy (non-hydrogen) atoms. The van der Waals surface area contributed by atoms with E-state index in [1.807, 2.05) is 6.92 Å². The van der Waals surface area contributed by atoms with Crippen LogP contribution in [0.25, 0.3) is 0 Å². The summed E-state index contributed by atoms with van der Waals surface area (Å²) in [7, 11) is 0.312. The van der Waals surface area contributed by atoms with Crippen LogP contribution in [0.4, 0.5) is 5.69 Å². The highest BCUT2D eigenvalue weighted by atomic mass is 35.5. The first-order chi connectivity index (χ1) is 12.7. The fourth-order valence-electron chi connectivity index (χ4n) is 2.32. The number of halogens is 1. The Morgan fingerprint density at radius 2 is 1.78 bits per heavy atom. The summed E-state index contributed by atoms with van der Waals surface area (Å²) < 4.78 is 36.6. The van der Waals surface area contributed by atoms with Gasteiger partial charge in [-0.2, -0.15) is 4.31 Å². The van der Waals surface area contributed by atoms with Gasteiger partial charge in [0.25, 0.3) is 0 Å². The summed E-state index contributed by atoms with van der Waals surface area (Å²) in [6.45, 7) is 1.49. The van der Waals surface area contributed by atoms with Crippen molar-refractivity contribution in [2.24, 2.45) is 0 Å². The van der Waals surface area contributed by atoms with Gasteiger partial charge in [-0.15, -0.1) is 0 Å². The minimum atomic E-state index is -3.89. The zero-order chi connectivity index (χ0) is 20.2. The van der Waals surface area contributed by atoms with Gasteiger partial charge < -0.3 is 14.8 Å². The number of methoxy groups -OCH3 is 2. The van der Waals surface area contributed by atoms with Gasteiger partial charge in [0.2, 0.25) is 15.9 Å². The van der Waals surface area contributed by atoms with Crippen LogP contribution in [0.3, 0.4) is 0 Å². The summed E-state index contributed by atoms with van der Waals surface area (Å²) in [5, 5.41) is 3.14. The van der Waals surface area contributed by atoms with Crippen molar-refractivity contribution in [1.29, 1.82) is 0 Å². The van der Waals surface area contributed by atoms with Crippen molar-refractivity contribution in [1.82, 2.24) is 4.31 Å². The van der Waals surface area contributed by atoms with Gasteiger partial charge in [0.15, 0.2) is 11.5 Å². The first kappa shape index (κ1) is 21.0. The average Bonchev–Trinajstić information content (AvgIpc) is 2.63. The van der Waals surface area contributed by atoms with Crippen LogP contribution >= 0.6 is 11.6 Å². The first-order valence-electron chi connectivity index (χ1n) is 7.93. The van der Waals surface area contributed by atoms with Gasteiger partial charge in [0.05, 0.1) is 25.7 Å². The Balaban J connectivity index is 2.14. The lowest BCUT2D eigenvalue weighted by atomic mass is 10.2. The van der Waals surface area contributed by atoms with Gasteiger partial charge in [0, 0.05) is 23.8 Å². The highest BCUT2D eigenvalue weighted by Crippen LogP contribution is 2.30. The maximum Gasteiger partial charge on any atom is 0.243 e. The number of hydrogen-bond acceptors (Lipinski definition) is 5. The molecule has 1 amide bonds. The van der Waals surface area contributed by atoms with Crippen molar-refractivity contribution in [2.75, 3.05) is 33.1 Å². The molecule has 2 rings (SSSR count). The van der Waals surface area contributed by atoms with E-state index in [0.717, 1.165) is 9.87 Å². The summed E-state index contributed by atoms with van der Waals surface area (Å²) in [6.07, 6.45) is 0. The van der Waals surface area contributed by atoms with Crippen LogP contribution in [-0.2, 0) is 14.8 Å². The monoisotopic (exact) mass is 412 g/mol. The molecule has 0 aliphatic rings. The molecule has 0 aliphatic heterocycles. The number of aryl methyl sites for hydroxylation is 1. The second kappa shape index (κ2) is 8.60. The van der Waals surface area contributed by atoms with E-state index in [1.54, 1.807) is 18.2 Å². The Bertz CT molecular complexity index is 947. The Kier molecular flexibility index (Phi) is 6.69. The van der Waals surface area contributed by atoms with Gasteiger partial charge in [-0.1, -0.05) is 17.7 Å². The maximum absolute atomic E-state index is 12.7. The molecule has 1 N–H and O–H groups in total. The Morgan fingerprint density at radius 1 is 1.11 bits per heavy atom. The van der Waals surface area contributed by atoms with Crippen molar-refractivity contribution in [3.63, 3.8) is 0 Å². The van der Waals surface area contributed by atoms with Crippen LogP contribution in [0.1, 0.15) is 5.56 Å². The molecule has 0 saturated carbocycles. The van der Waals surface area contributed by atoms with Crippen LogP contribution in [0.2, 0.25) is 5.02 Å². The van der Waals surface area contributed by atoms with Crippen molar-refractivity contribution in [2.45, 2.75) is 11.8 Å². The molecule has 0 spiro atoms. The molecule has 0 aliphatic carbocycles. The molecular formula is C18H21ClN2O5S. The van der Waals surface area contributed by atoms with Crippen molar-refractivity contribution in [3.05, 3.63) is 47.0 Å². The van der Waals surface area contributed by atoms with E-state index in [2.05, 4.69) is 5.32 Å². The molecule has 0 bridgehead atoms. The van der Waals surface area contributed by atoms with E-state index >= 15 is 0 Å². The second-order valence-electron chi connectivity index (χ2n) is 5.79. The number of amides is 1. The predicted molar refractivity (Wildman–Crippen MR) is 104 cm³/mol. The van der Waals surface area contributed by atoms with Gasteiger partial charge in [-0.3, -0.25) is 4.79 Å². The minimum Gasteiger partial charge on any atom is -0.493 e. The number of hydrogen-bond donors (Lipinski definition) is 1. The number of carbonyl (C=O) groups is 1. The van der Waals surface area contributed by atoms with E-state index < -0.39 is 15.9 Å². The lowest BCUT2D eigenvalue weighted by molar-refractivity contribution is -0.116. The van der Waals surface area contributed by atoms with Gasteiger partial charge in [-0.25, -0.2) is 8.42 Å². The minimum absolute atomic E-state index is 0.00571. The number of anilines is 1. The average molecular weight is 413 g/mol. The lowest BCUT2D eigenvalue weighted by Gasteiger charge is -2.18. The number of rotatable bonds is 7. The Hall–Kier alpha value is -2.29. The third-order valence-corrected chi connectivity index (χ3v) is 6.09. The number of carbonyl (C=O) groups excluding carboxylic acids is 1. The van der Waals surface area contributed by atoms with Crippen LogP contribution in [0.5, 0.6) is 11.5 Å². The maximum atomic E-state index is 12.7. The van der Waals surface area contributed by atoms with Crippen LogP contribution in [0.15, 0.2) is 41.3 Å². The van der Waals surface area contributed by atoms with E-state index in [1.165, 1.54) is 39.5 Å². The van der Waals surface area contributed by atoms with Crippen molar-refractivity contribution >= 4 is 33.2 Å². The molecule has 2 aromatic rings. The van der Waals surface area contributed by atoms with E-state index in [0.29, 0.717) is 16.5 Å². The summed E-state index contributed by atoms with van der Waals surface area (Å²) >= 11 is 6.03. The zero-order valence-corrected chi connectivity index (χ0v) is 17.0. The zero-order valence-electron chi connectivity index (χ0n) is 15.4. The topological polar surface area (TPSA) is 84.9 Å². The molecule has 0 fully saturated rings. The van der Waals surface area contributed by atoms with Gasteiger partial charge in [0.1, 0.15) is 0 Å². The summed E-state index contributed by atoms with van der Waals surface area (Å²) in [4.78, 5) is 12.2. The highest BCUT2D eigenvalue weighted by Gasteiger charge is 2.24. The third kappa shape index (κ3) is 4.91. The largest absolute Gasteiger partial charge is 0.493 e. The molecule has 0 atom stereocenters. The quantitative estimate of drug-likeness (QED) is 0.755. The second-order valence-corrected chi connectivity index (χ2v) is 8.24. The van der Waals surface area contributed by atoms with Crippen LogP contribution in [-0.4, -0.2) is 46.4 Å². The van der Waals surface area contributed by atoms with Crippen molar-refractivity contribution < 1.29 is 22.7 Å².